The molecule has 7 heteroatoms. The van der Waals surface area contributed by atoms with Gasteiger partial charge in [-0.2, -0.15) is 11.8 Å². The van der Waals surface area contributed by atoms with Crippen molar-refractivity contribution in [1.29, 1.82) is 0 Å². The van der Waals surface area contributed by atoms with Crippen LogP contribution in [0.25, 0.3) is 0 Å². The molecular formula is C18H29Cl2N3OS. The minimum absolute atomic E-state index is 0. The molecular weight excluding hydrogens is 377 g/mol. The molecule has 0 aliphatic carbocycles. The van der Waals surface area contributed by atoms with Crippen LogP contribution in [0.1, 0.15) is 19.3 Å². The Morgan fingerprint density at radius 2 is 1.92 bits per heavy atom. The van der Waals surface area contributed by atoms with Crippen LogP contribution in [0.2, 0.25) is 0 Å². The molecule has 2 aliphatic rings. The minimum atomic E-state index is 0. The summed E-state index contributed by atoms with van der Waals surface area (Å²) in [5.74, 6) is 2.56. The van der Waals surface area contributed by atoms with Gasteiger partial charge in [0.2, 0.25) is 5.91 Å². The van der Waals surface area contributed by atoms with E-state index in [1.807, 2.05) is 11.8 Å². The number of carbonyl (C=O) groups excluding carboxylic acids is 1. The summed E-state index contributed by atoms with van der Waals surface area (Å²) < 4.78 is 0. The van der Waals surface area contributed by atoms with Gasteiger partial charge >= 0.3 is 0 Å². The molecule has 1 unspecified atom stereocenters. The lowest BCUT2D eigenvalue weighted by molar-refractivity contribution is -0.132. The molecule has 1 aromatic rings. The number of amides is 1. The number of anilines is 1. The monoisotopic (exact) mass is 405 g/mol. The van der Waals surface area contributed by atoms with Crippen molar-refractivity contribution >= 4 is 48.2 Å². The van der Waals surface area contributed by atoms with Crippen molar-refractivity contribution in [2.24, 2.45) is 0 Å². The third-order valence-electron chi connectivity index (χ3n) is 4.95. The molecule has 2 heterocycles. The number of nitrogens with one attached hydrogen (secondary N) is 1. The second kappa shape index (κ2) is 11.2. The Balaban J connectivity index is 0.00000156. The number of rotatable bonds is 4. The van der Waals surface area contributed by atoms with Crippen LogP contribution >= 0.6 is 36.6 Å². The highest BCUT2D eigenvalue weighted by atomic mass is 35.5. The Bertz CT molecular complexity index is 506. The van der Waals surface area contributed by atoms with Gasteiger partial charge in [0.15, 0.2) is 0 Å². The van der Waals surface area contributed by atoms with Crippen molar-refractivity contribution in [3.8, 4) is 0 Å². The fraction of sp³-hybridized carbons (Fsp3) is 0.611. The van der Waals surface area contributed by atoms with Crippen molar-refractivity contribution < 1.29 is 4.79 Å². The summed E-state index contributed by atoms with van der Waals surface area (Å²) in [6, 6.07) is 11.4. The van der Waals surface area contributed by atoms with Crippen molar-refractivity contribution in [2.45, 2.75) is 31.3 Å². The molecule has 4 nitrogen and oxygen atoms in total. The molecule has 0 bridgehead atoms. The average molecular weight is 406 g/mol. The molecule has 1 amide bonds. The number of halogens is 2. The lowest BCUT2D eigenvalue weighted by Gasteiger charge is -2.38. The van der Waals surface area contributed by atoms with Gasteiger partial charge in [-0.1, -0.05) is 18.2 Å². The lowest BCUT2D eigenvalue weighted by Crippen LogP contribution is -2.48. The fourth-order valence-electron chi connectivity index (χ4n) is 3.47. The molecule has 0 radical (unpaired) electrons. The zero-order valence-electron chi connectivity index (χ0n) is 14.7. The summed E-state index contributed by atoms with van der Waals surface area (Å²) >= 11 is 1.95. The van der Waals surface area contributed by atoms with Gasteiger partial charge in [0.1, 0.15) is 0 Å². The van der Waals surface area contributed by atoms with Crippen LogP contribution in [0, 0.1) is 0 Å². The molecule has 3 rings (SSSR count). The van der Waals surface area contributed by atoms with Gasteiger partial charge in [0, 0.05) is 62.4 Å². The second-order valence-corrected chi connectivity index (χ2v) is 7.64. The normalized spacial score (nSPS) is 21.0. The van der Waals surface area contributed by atoms with E-state index in [2.05, 4.69) is 52.5 Å². The Morgan fingerprint density at radius 1 is 1.24 bits per heavy atom. The van der Waals surface area contributed by atoms with Crippen molar-refractivity contribution in [2.75, 3.05) is 43.1 Å². The molecule has 0 spiro atoms. The van der Waals surface area contributed by atoms with E-state index < -0.39 is 0 Å². The van der Waals surface area contributed by atoms with E-state index in [-0.39, 0.29) is 24.8 Å². The van der Waals surface area contributed by atoms with Crippen LogP contribution in [0.5, 0.6) is 0 Å². The number of thioether (sulfide) groups is 1. The summed E-state index contributed by atoms with van der Waals surface area (Å²) in [5.41, 5.74) is 1.26. The maximum absolute atomic E-state index is 12.5. The number of hydrogen-bond acceptors (Lipinski definition) is 4. The smallest absolute Gasteiger partial charge is 0.224 e. The molecule has 142 valence electrons. The van der Waals surface area contributed by atoms with Crippen molar-refractivity contribution in [3.63, 3.8) is 0 Å². The zero-order chi connectivity index (χ0) is 16.1. The lowest BCUT2D eigenvalue weighted by atomic mass is 10.0. The van der Waals surface area contributed by atoms with Crippen molar-refractivity contribution in [1.82, 2.24) is 10.2 Å². The van der Waals surface area contributed by atoms with E-state index in [1.54, 1.807) is 0 Å². The minimum Gasteiger partial charge on any atom is -0.371 e. The second-order valence-electron chi connectivity index (χ2n) is 6.49. The fourth-order valence-corrected chi connectivity index (χ4v) is 4.42. The largest absolute Gasteiger partial charge is 0.371 e. The van der Waals surface area contributed by atoms with Gasteiger partial charge in [-0.3, -0.25) is 4.79 Å². The third kappa shape index (κ3) is 6.24. The molecule has 0 aromatic heterocycles. The van der Waals surface area contributed by atoms with Gasteiger partial charge in [-0.15, -0.1) is 24.8 Å². The van der Waals surface area contributed by atoms with Gasteiger partial charge in [-0.25, -0.2) is 0 Å². The Hall–Kier alpha value is -0.620. The summed E-state index contributed by atoms with van der Waals surface area (Å²) in [6.45, 7) is 2.81. The predicted molar refractivity (Wildman–Crippen MR) is 113 cm³/mol. The van der Waals surface area contributed by atoms with Crippen LogP contribution < -0.4 is 10.2 Å². The van der Waals surface area contributed by atoms with Crippen LogP contribution in [0.15, 0.2) is 30.3 Å². The van der Waals surface area contributed by atoms with E-state index in [0.717, 1.165) is 38.2 Å². The average Bonchev–Trinajstić information content (AvgIpc) is 2.63. The quantitative estimate of drug-likeness (QED) is 0.834. The first kappa shape index (κ1) is 22.4. The molecule has 0 saturated carbocycles. The first-order valence-electron chi connectivity index (χ1n) is 8.61. The first-order chi connectivity index (χ1) is 11.2. The van der Waals surface area contributed by atoms with Crippen LogP contribution in [0.4, 0.5) is 5.69 Å². The number of benzene rings is 1. The van der Waals surface area contributed by atoms with E-state index >= 15 is 0 Å². The van der Waals surface area contributed by atoms with Gasteiger partial charge < -0.3 is 15.1 Å². The highest BCUT2D eigenvalue weighted by Crippen LogP contribution is 2.22. The summed E-state index contributed by atoms with van der Waals surface area (Å²) in [5, 5.41) is 3.46. The molecule has 2 fully saturated rings. The topological polar surface area (TPSA) is 35.6 Å². The van der Waals surface area contributed by atoms with E-state index in [1.165, 1.54) is 11.4 Å². The van der Waals surface area contributed by atoms with E-state index in [9.17, 15) is 4.79 Å². The highest BCUT2D eigenvalue weighted by Gasteiger charge is 2.27. The Morgan fingerprint density at radius 3 is 2.52 bits per heavy atom. The number of piperidine rings is 1. The van der Waals surface area contributed by atoms with Gasteiger partial charge in [0.05, 0.1) is 0 Å². The standard InChI is InChI=1S/C18H27N3OS.2ClH/c1-20(16-5-3-2-4-6-16)17-7-10-21(11-8-17)18(22)13-15-14-23-12-9-19-15;;/h2-6,15,17,19H,7-14H2,1H3;2*1H. The number of para-hydroxylation sites is 1. The van der Waals surface area contributed by atoms with Crippen LogP contribution in [0.3, 0.4) is 0 Å². The number of hydrogen-bond donors (Lipinski definition) is 1. The third-order valence-corrected chi connectivity index (χ3v) is 6.08. The SMILES string of the molecule is CN(c1ccccc1)C1CCN(C(=O)CC2CSCCN2)CC1.Cl.Cl. The summed E-state index contributed by atoms with van der Waals surface area (Å²) in [6.07, 6.45) is 2.78. The van der Waals surface area contributed by atoms with Gasteiger partial charge in [-0.05, 0) is 25.0 Å². The Kier molecular flexibility index (Phi) is 10.0. The summed E-state index contributed by atoms with van der Waals surface area (Å²) in [4.78, 5) is 16.9. The van der Waals surface area contributed by atoms with E-state index in [0.29, 0.717) is 24.4 Å². The molecule has 25 heavy (non-hydrogen) atoms. The number of carbonyl (C=O) groups is 1. The first-order valence-corrected chi connectivity index (χ1v) is 9.76. The molecule has 1 N–H and O–H groups in total. The predicted octanol–water partition coefficient (Wildman–Crippen LogP) is 3.05. The Labute approximate surface area is 167 Å². The molecule has 1 aromatic carbocycles. The maximum Gasteiger partial charge on any atom is 0.224 e. The zero-order valence-corrected chi connectivity index (χ0v) is 17.2. The van der Waals surface area contributed by atoms with Crippen LogP contribution in [-0.2, 0) is 4.79 Å². The number of likely N-dealkylation sites (tertiary alicyclic amines) is 1. The van der Waals surface area contributed by atoms with Gasteiger partial charge in [0.25, 0.3) is 0 Å². The summed E-state index contributed by atoms with van der Waals surface area (Å²) in [7, 11) is 2.17. The van der Waals surface area contributed by atoms with Crippen molar-refractivity contribution in [3.05, 3.63) is 30.3 Å². The molecule has 2 aliphatic heterocycles. The maximum atomic E-state index is 12.5. The van der Waals surface area contributed by atoms with Crippen LogP contribution in [-0.4, -0.2) is 61.1 Å². The molecule has 2 saturated heterocycles. The molecule has 1 atom stereocenters. The number of nitrogens with zero attached hydrogens (tertiary/aromatic N) is 2. The highest BCUT2D eigenvalue weighted by molar-refractivity contribution is 7.99. The van der Waals surface area contributed by atoms with E-state index in [4.69, 9.17) is 0 Å².